The number of hydrogen-bond acceptors (Lipinski definition) is 5. The number of carboxylic acids is 1. The molecule has 3 aliphatic rings. The minimum absolute atomic E-state index is 0.0614. The number of nitrogens with zero attached hydrogens (tertiary/aromatic N) is 2. The SMILES string of the molecule is O=C(O)c1cc2c(cc1N1CCNCC1)N(C1CC1)CCC2=O. The number of rotatable bonds is 3. The van der Waals surface area contributed by atoms with Crippen LogP contribution in [0.15, 0.2) is 12.1 Å². The van der Waals surface area contributed by atoms with Gasteiger partial charge in [0, 0.05) is 56.4 Å². The molecule has 0 spiro atoms. The van der Waals surface area contributed by atoms with E-state index in [1.165, 1.54) is 0 Å². The zero-order valence-electron chi connectivity index (χ0n) is 13.0. The molecular weight excluding hydrogens is 294 g/mol. The van der Waals surface area contributed by atoms with Gasteiger partial charge in [-0.05, 0) is 25.0 Å². The number of nitrogens with one attached hydrogen (secondary N) is 1. The molecule has 2 heterocycles. The van der Waals surface area contributed by atoms with Crippen LogP contribution in [0.1, 0.15) is 40.0 Å². The topological polar surface area (TPSA) is 72.9 Å². The second-order valence-corrected chi connectivity index (χ2v) is 6.53. The van der Waals surface area contributed by atoms with Gasteiger partial charge in [0.25, 0.3) is 0 Å². The first-order valence-electron chi connectivity index (χ1n) is 8.32. The molecule has 0 aromatic heterocycles. The Morgan fingerprint density at radius 1 is 1.13 bits per heavy atom. The van der Waals surface area contributed by atoms with E-state index >= 15 is 0 Å². The molecule has 1 aliphatic carbocycles. The third-order valence-electron chi connectivity index (χ3n) is 4.98. The van der Waals surface area contributed by atoms with Crippen LogP contribution in [-0.2, 0) is 0 Å². The van der Waals surface area contributed by atoms with E-state index in [0.717, 1.165) is 56.9 Å². The highest BCUT2D eigenvalue weighted by atomic mass is 16.4. The molecule has 4 rings (SSSR count). The number of benzene rings is 1. The number of Topliss-reactive ketones (excluding diaryl/α,β-unsaturated/α-hetero) is 1. The standard InChI is InChI=1S/C17H21N3O3/c21-16-3-6-20(11-1-2-11)15-10-14(19-7-4-18-5-8-19)13(17(22)23)9-12(15)16/h9-11,18H,1-8H2,(H,22,23). The van der Waals surface area contributed by atoms with Gasteiger partial charge in [0.15, 0.2) is 5.78 Å². The van der Waals surface area contributed by atoms with Gasteiger partial charge in [0.1, 0.15) is 0 Å². The quantitative estimate of drug-likeness (QED) is 0.877. The second kappa shape index (κ2) is 5.53. The van der Waals surface area contributed by atoms with E-state index in [-0.39, 0.29) is 11.3 Å². The summed E-state index contributed by atoms with van der Waals surface area (Å²) >= 11 is 0. The molecule has 1 aromatic carbocycles. The monoisotopic (exact) mass is 315 g/mol. The van der Waals surface area contributed by atoms with Gasteiger partial charge >= 0.3 is 5.97 Å². The molecule has 1 saturated heterocycles. The van der Waals surface area contributed by atoms with Crippen molar-refractivity contribution in [3.63, 3.8) is 0 Å². The summed E-state index contributed by atoms with van der Waals surface area (Å²) in [6.07, 6.45) is 2.81. The van der Waals surface area contributed by atoms with Crippen molar-refractivity contribution in [1.82, 2.24) is 5.32 Å². The van der Waals surface area contributed by atoms with Gasteiger partial charge in [-0.25, -0.2) is 4.79 Å². The lowest BCUT2D eigenvalue weighted by atomic mass is 9.96. The number of fused-ring (bicyclic) bond motifs is 1. The normalized spacial score (nSPS) is 21.3. The van der Waals surface area contributed by atoms with E-state index < -0.39 is 5.97 Å². The lowest BCUT2D eigenvalue weighted by Gasteiger charge is -2.35. The van der Waals surface area contributed by atoms with Crippen molar-refractivity contribution in [2.24, 2.45) is 0 Å². The number of ketones is 1. The first-order chi connectivity index (χ1) is 11.1. The predicted molar refractivity (Wildman–Crippen MR) is 87.8 cm³/mol. The van der Waals surface area contributed by atoms with E-state index in [2.05, 4.69) is 15.1 Å². The number of carboxylic acid groups (broad SMARTS) is 1. The summed E-state index contributed by atoms with van der Waals surface area (Å²) in [5.74, 6) is -0.899. The minimum Gasteiger partial charge on any atom is -0.478 e. The first-order valence-corrected chi connectivity index (χ1v) is 8.32. The summed E-state index contributed by atoms with van der Waals surface area (Å²) in [5.41, 5.74) is 2.51. The molecule has 1 aromatic rings. The summed E-state index contributed by atoms with van der Waals surface area (Å²) in [6, 6.07) is 4.07. The van der Waals surface area contributed by atoms with Gasteiger partial charge in [-0.3, -0.25) is 4.79 Å². The van der Waals surface area contributed by atoms with E-state index in [9.17, 15) is 14.7 Å². The second-order valence-electron chi connectivity index (χ2n) is 6.53. The van der Waals surface area contributed by atoms with Gasteiger partial charge in [-0.1, -0.05) is 0 Å². The van der Waals surface area contributed by atoms with E-state index in [4.69, 9.17) is 0 Å². The number of carbonyl (C=O) groups is 2. The average molecular weight is 315 g/mol. The molecule has 0 amide bonds. The molecule has 23 heavy (non-hydrogen) atoms. The summed E-state index contributed by atoms with van der Waals surface area (Å²) < 4.78 is 0. The lowest BCUT2D eigenvalue weighted by Crippen LogP contribution is -2.44. The third-order valence-corrected chi connectivity index (χ3v) is 4.98. The largest absolute Gasteiger partial charge is 0.478 e. The van der Waals surface area contributed by atoms with Crippen LogP contribution in [-0.4, -0.2) is 55.6 Å². The van der Waals surface area contributed by atoms with Crippen LogP contribution in [0.3, 0.4) is 0 Å². The molecule has 122 valence electrons. The number of piperazine rings is 1. The van der Waals surface area contributed by atoms with Crippen LogP contribution in [0.4, 0.5) is 11.4 Å². The number of anilines is 2. The number of aromatic carboxylic acids is 1. The lowest BCUT2D eigenvalue weighted by molar-refractivity contribution is 0.0697. The Morgan fingerprint density at radius 3 is 2.52 bits per heavy atom. The number of hydrogen-bond donors (Lipinski definition) is 2. The molecule has 2 N–H and O–H groups in total. The van der Waals surface area contributed by atoms with Crippen LogP contribution in [0.5, 0.6) is 0 Å². The van der Waals surface area contributed by atoms with Gasteiger partial charge < -0.3 is 20.2 Å². The average Bonchev–Trinajstić information content (AvgIpc) is 3.40. The van der Waals surface area contributed by atoms with E-state index in [1.54, 1.807) is 6.07 Å². The third kappa shape index (κ3) is 2.57. The Bertz CT molecular complexity index is 663. The maximum Gasteiger partial charge on any atom is 0.337 e. The Kier molecular flexibility index (Phi) is 3.49. The van der Waals surface area contributed by atoms with Crippen LogP contribution in [0.2, 0.25) is 0 Å². The number of carbonyl (C=O) groups excluding carboxylic acids is 1. The molecule has 2 aliphatic heterocycles. The molecule has 2 fully saturated rings. The Hall–Kier alpha value is -2.08. The fraction of sp³-hybridized carbons (Fsp3) is 0.529. The molecule has 0 unspecified atom stereocenters. The van der Waals surface area contributed by atoms with Crippen molar-refractivity contribution in [3.05, 3.63) is 23.3 Å². The molecule has 1 saturated carbocycles. The molecule has 0 bridgehead atoms. The van der Waals surface area contributed by atoms with Gasteiger partial charge in [-0.2, -0.15) is 0 Å². The Morgan fingerprint density at radius 2 is 1.87 bits per heavy atom. The highest BCUT2D eigenvalue weighted by molar-refractivity contribution is 6.07. The zero-order chi connectivity index (χ0) is 16.0. The van der Waals surface area contributed by atoms with E-state index in [1.807, 2.05) is 6.07 Å². The summed E-state index contributed by atoms with van der Waals surface area (Å²) in [6.45, 7) is 4.03. The van der Waals surface area contributed by atoms with Crippen LogP contribution in [0.25, 0.3) is 0 Å². The first kappa shape index (κ1) is 14.5. The molecule has 0 atom stereocenters. The summed E-state index contributed by atoms with van der Waals surface area (Å²) in [7, 11) is 0. The van der Waals surface area contributed by atoms with Crippen molar-refractivity contribution in [3.8, 4) is 0 Å². The molecule has 6 nitrogen and oxygen atoms in total. The zero-order valence-corrected chi connectivity index (χ0v) is 13.0. The van der Waals surface area contributed by atoms with Gasteiger partial charge in [-0.15, -0.1) is 0 Å². The fourth-order valence-corrected chi connectivity index (χ4v) is 3.62. The maximum absolute atomic E-state index is 12.3. The minimum atomic E-state index is -0.960. The van der Waals surface area contributed by atoms with Crippen molar-refractivity contribution in [2.75, 3.05) is 42.5 Å². The molecule has 6 heteroatoms. The Labute approximate surface area is 135 Å². The van der Waals surface area contributed by atoms with Crippen molar-refractivity contribution < 1.29 is 14.7 Å². The fourth-order valence-electron chi connectivity index (χ4n) is 3.62. The smallest absolute Gasteiger partial charge is 0.337 e. The Balaban J connectivity index is 1.82. The van der Waals surface area contributed by atoms with Crippen LogP contribution in [0, 0.1) is 0 Å². The van der Waals surface area contributed by atoms with Gasteiger partial charge in [0.2, 0.25) is 0 Å². The summed E-state index contributed by atoms with van der Waals surface area (Å²) in [5, 5.41) is 12.9. The molecular formula is C17H21N3O3. The maximum atomic E-state index is 12.3. The highest BCUT2D eigenvalue weighted by Crippen LogP contribution is 2.40. The van der Waals surface area contributed by atoms with Crippen LogP contribution < -0.4 is 15.1 Å². The highest BCUT2D eigenvalue weighted by Gasteiger charge is 2.36. The van der Waals surface area contributed by atoms with Crippen molar-refractivity contribution in [1.29, 1.82) is 0 Å². The summed E-state index contributed by atoms with van der Waals surface area (Å²) in [4.78, 5) is 28.4. The molecule has 0 radical (unpaired) electrons. The van der Waals surface area contributed by atoms with Crippen molar-refractivity contribution in [2.45, 2.75) is 25.3 Å². The predicted octanol–water partition coefficient (Wildman–Crippen LogP) is 1.35. The van der Waals surface area contributed by atoms with Crippen molar-refractivity contribution >= 4 is 23.1 Å². The van der Waals surface area contributed by atoms with Crippen LogP contribution >= 0.6 is 0 Å². The van der Waals surface area contributed by atoms with E-state index in [0.29, 0.717) is 18.0 Å². The van der Waals surface area contributed by atoms with Gasteiger partial charge in [0.05, 0.1) is 11.3 Å².